The third-order valence-corrected chi connectivity index (χ3v) is 3.46. The van der Waals surface area contributed by atoms with Gasteiger partial charge in [0.2, 0.25) is 0 Å². The first kappa shape index (κ1) is 16.4. The van der Waals surface area contributed by atoms with Crippen LogP contribution in [0.1, 0.15) is 16.8 Å². The van der Waals surface area contributed by atoms with Crippen LogP contribution in [0.15, 0.2) is 18.2 Å². The van der Waals surface area contributed by atoms with Crippen molar-refractivity contribution in [2.75, 3.05) is 24.7 Å². The standard InChI is InChI=1S/C12H15FN2O4S/c13-11-8-9(15(18)19)2-3-10(11)12(17)14-4-7-20-6-1-5-16/h2-3,8,16H,1,4-7H2,(H,14,17). The van der Waals surface area contributed by atoms with Crippen molar-refractivity contribution in [3.8, 4) is 0 Å². The number of nitrogens with zero attached hydrogens (tertiary/aromatic N) is 1. The van der Waals surface area contributed by atoms with Gasteiger partial charge in [0, 0.05) is 25.0 Å². The molecule has 0 spiro atoms. The van der Waals surface area contributed by atoms with Crippen LogP contribution in [-0.2, 0) is 0 Å². The number of non-ortho nitro benzene ring substituents is 1. The molecule has 0 saturated carbocycles. The summed E-state index contributed by atoms with van der Waals surface area (Å²) in [6.07, 6.45) is 0.690. The molecule has 1 rings (SSSR count). The summed E-state index contributed by atoms with van der Waals surface area (Å²) >= 11 is 1.57. The van der Waals surface area contributed by atoms with Crippen LogP contribution in [0, 0.1) is 15.9 Å². The highest BCUT2D eigenvalue weighted by Gasteiger charge is 2.15. The van der Waals surface area contributed by atoms with Gasteiger partial charge in [0.15, 0.2) is 0 Å². The zero-order chi connectivity index (χ0) is 15.0. The SMILES string of the molecule is O=C(NCCSCCCO)c1ccc([N+](=O)[O-])cc1F. The summed E-state index contributed by atoms with van der Waals surface area (Å²) in [7, 11) is 0. The van der Waals surface area contributed by atoms with Crippen LogP contribution in [0.3, 0.4) is 0 Å². The maximum absolute atomic E-state index is 13.5. The predicted octanol–water partition coefficient (Wildman–Crippen LogP) is 1.58. The lowest BCUT2D eigenvalue weighted by atomic mass is 10.2. The fourth-order valence-electron chi connectivity index (χ4n) is 1.40. The van der Waals surface area contributed by atoms with Gasteiger partial charge in [-0.15, -0.1) is 0 Å². The van der Waals surface area contributed by atoms with E-state index < -0.39 is 22.3 Å². The number of carbonyl (C=O) groups excluding carboxylic acids is 1. The van der Waals surface area contributed by atoms with Crippen LogP contribution in [0.4, 0.5) is 10.1 Å². The first-order valence-corrected chi connectivity index (χ1v) is 7.12. The number of halogens is 1. The van der Waals surface area contributed by atoms with E-state index in [0.717, 1.165) is 24.0 Å². The van der Waals surface area contributed by atoms with Crippen molar-refractivity contribution in [2.24, 2.45) is 0 Å². The maximum Gasteiger partial charge on any atom is 0.272 e. The van der Waals surface area contributed by atoms with Crippen molar-refractivity contribution in [3.05, 3.63) is 39.7 Å². The minimum Gasteiger partial charge on any atom is -0.396 e. The molecule has 0 fully saturated rings. The topological polar surface area (TPSA) is 92.5 Å². The lowest BCUT2D eigenvalue weighted by molar-refractivity contribution is -0.385. The van der Waals surface area contributed by atoms with Crippen molar-refractivity contribution in [1.29, 1.82) is 0 Å². The summed E-state index contributed by atoms with van der Waals surface area (Å²) in [5, 5.41) is 21.6. The van der Waals surface area contributed by atoms with E-state index in [1.165, 1.54) is 0 Å². The van der Waals surface area contributed by atoms with Crippen molar-refractivity contribution < 1.29 is 19.2 Å². The van der Waals surface area contributed by atoms with Crippen LogP contribution < -0.4 is 5.32 Å². The van der Waals surface area contributed by atoms with Gasteiger partial charge in [-0.2, -0.15) is 11.8 Å². The molecule has 8 heteroatoms. The van der Waals surface area contributed by atoms with Crippen LogP contribution in [0.25, 0.3) is 0 Å². The number of benzene rings is 1. The highest BCUT2D eigenvalue weighted by Crippen LogP contribution is 2.16. The van der Waals surface area contributed by atoms with Gasteiger partial charge in [-0.1, -0.05) is 0 Å². The molecule has 0 aliphatic rings. The molecule has 0 aromatic heterocycles. The molecule has 0 atom stereocenters. The largest absolute Gasteiger partial charge is 0.396 e. The molecule has 1 amide bonds. The molecule has 0 bridgehead atoms. The number of carbonyl (C=O) groups is 1. The summed E-state index contributed by atoms with van der Waals surface area (Å²) < 4.78 is 13.5. The minimum absolute atomic E-state index is 0.132. The van der Waals surface area contributed by atoms with Gasteiger partial charge in [0.25, 0.3) is 11.6 Å². The molecular formula is C12H15FN2O4S. The van der Waals surface area contributed by atoms with E-state index in [2.05, 4.69) is 5.32 Å². The van der Waals surface area contributed by atoms with Gasteiger partial charge in [0.05, 0.1) is 16.6 Å². The number of amides is 1. The Morgan fingerprint density at radius 2 is 2.20 bits per heavy atom. The number of hydrogen-bond donors (Lipinski definition) is 2. The number of nitro groups is 1. The molecule has 1 aromatic rings. The first-order valence-electron chi connectivity index (χ1n) is 5.97. The number of hydrogen-bond acceptors (Lipinski definition) is 5. The van der Waals surface area contributed by atoms with Crippen molar-refractivity contribution >= 4 is 23.4 Å². The number of nitrogens with one attached hydrogen (secondary N) is 1. The van der Waals surface area contributed by atoms with E-state index >= 15 is 0 Å². The summed E-state index contributed by atoms with van der Waals surface area (Å²) in [6.45, 7) is 0.499. The Labute approximate surface area is 119 Å². The molecule has 0 unspecified atom stereocenters. The molecule has 110 valence electrons. The Morgan fingerprint density at radius 1 is 1.45 bits per heavy atom. The summed E-state index contributed by atoms with van der Waals surface area (Å²) in [5.41, 5.74) is -0.602. The maximum atomic E-state index is 13.5. The third kappa shape index (κ3) is 5.14. The molecule has 0 saturated heterocycles. The first-order chi connectivity index (χ1) is 9.56. The Morgan fingerprint density at radius 3 is 2.80 bits per heavy atom. The summed E-state index contributed by atoms with van der Waals surface area (Å²) in [5.74, 6) is -0.0664. The lowest BCUT2D eigenvalue weighted by Gasteiger charge is -2.06. The normalized spacial score (nSPS) is 10.3. The Kier molecular flexibility index (Phi) is 6.96. The van der Waals surface area contributed by atoms with Crippen molar-refractivity contribution in [2.45, 2.75) is 6.42 Å². The highest BCUT2D eigenvalue weighted by molar-refractivity contribution is 7.99. The molecule has 20 heavy (non-hydrogen) atoms. The van der Waals surface area contributed by atoms with E-state index in [9.17, 15) is 19.3 Å². The van der Waals surface area contributed by atoms with Crippen molar-refractivity contribution in [1.82, 2.24) is 5.32 Å². The summed E-state index contributed by atoms with van der Waals surface area (Å²) in [6, 6.07) is 2.92. The van der Waals surface area contributed by atoms with Gasteiger partial charge >= 0.3 is 0 Å². The van der Waals surface area contributed by atoms with Crippen molar-refractivity contribution in [3.63, 3.8) is 0 Å². The lowest BCUT2D eigenvalue weighted by Crippen LogP contribution is -2.26. The van der Waals surface area contributed by atoms with E-state index in [0.29, 0.717) is 18.7 Å². The monoisotopic (exact) mass is 302 g/mol. The van der Waals surface area contributed by atoms with Crippen LogP contribution in [0.5, 0.6) is 0 Å². The fourth-order valence-corrected chi connectivity index (χ4v) is 2.19. The molecule has 0 aliphatic heterocycles. The van der Waals surface area contributed by atoms with Crippen LogP contribution >= 0.6 is 11.8 Å². The predicted molar refractivity (Wildman–Crippen MR) is 74.4 cm³/mol. The average Bonchev–Trinajstić information content (AvgIpc) is 2.42. The molecule has 0 aliphatic carbocycles. The smallest absolute Gasteiger partial charge is 0.272 e. The Bertz CT molecular complexity index is 485. The molecule has 1 aromatic carbocycles. The average molecular weight is 302 g/mol. The fraction of sp³-hybridized carbons (Fsp3) is 0.417. The van der Waals surface area contributed by atoms with Gasteiger partial charge in [-0.3, -0.25) is 14.9 Å². The second-order valence-corrected chi connectivity index (χ2v) is 5.09. The Balaban J connectivity index is 2.45. The van der Waals surface area contributed by atoms with E-state index in [4.69, 9.17) is 5.11 Å². The third-order valence-electron chi connectivity index (χ3n) is 2.39. The number of nitro benzene ring substituents is 1. The zero-order valence-electron chi connectivity index (χ0n) is 10.7. The van der Waals surface area contributed by atoms with Gasteiger partial charge in [-0.05, 0) is 18.2 Å². The molecular weight excluding hydrogens is 287 g/mol. The van der Waals surface area contributed by atoms with E-state index in [-0.39, 0.29) is 12.2 Å². The minimum atomic E-state index is -0.912. The zero-order valence-corrected chi connectivity index (χ0v) is 11.5. The number of aliphatic hydroxyl groups excluding tert-OH is 1. The number of rotatable bonds is 8. The quantitative estimate of drug-likeness (QED) is 0.432. The van der Waals surface area contributed by atoms with Crippen LogP contribution in [0.2, 0.25) is 0 Å². The molecule has 2 N–H and O–H groups in total. The molecule has 6 nitrogen and oxygen atoms in total. The Hall–Kier alpha value is -1.67. The van der Waals surface area contributed by atoms with Gasteiger partial charge in [0.1, 0.15) is 5.82 Å². The summed E-state index contributed by atoms with van der Waals surface area (Å²) in [4.78, 5) is 21.4. The number of thioether (sulfide) groups is 1. The van der Waals surface area contributed by atoms with Crippen LogP contribution in [-0.4, -0.2) is 40.6 Å². The second kappa shape index (κ2) is 8.49. The van der Waals surface area contributed by atoms with E-state index in [1.807, 2.05) is 0 Å². The van der Waals surface area contributed by atoms with Gasteiger partial charge < -0.3 is 10.4 Å². The second-order valence-electron chi connectivity index (χ2n) is 3.87. The molecule has 0 heterocycles. The van der Waals surface area contributed by atoms with E-state index in [1.54, 1.807) is 11.8 Å². The number of aliphatic hydroxyl groups is 1. The molecule has 0 radical (unpaired) electrons. The van der Waals surface area contributed by atoms with Gasteiger partial charge in [-0.25, -0.2) is 4.39 Å². The highest BCUT2D eigenvalue weighted by atomic mass is 32.2.